The van der Waals surface area contributed by atoms with Gasteiger partial charge in [0, 0.05) is 30.2 Å². The van der Waals surface area contributed by atoms with Gasteiger partial charge in [-0.25, -0.2) is 0 Å². The van der Waals surface area contributed by atoms with Gasteiger partial charge in [-0.2, -0.15) is 0 Å². The SMILES string of the molecule is C=CC1CN2CCC1CC2C(Nc1c(N[C@@H](C)c2ccccc2)c(=O)c1=O)c1ccnc2ccc(OC)cc12. The fraction of sp³-hybridized carbons (Fsp3) is 0.344. The summed E-state index contributed by atoms with van der Waals surface area (Å²) in [6, 6.07) is 17.6. The van der Waals surface area contributed by atoms with Crippen molar-refractivity contribution in [3.05, 3.63) is 105 Å². The van der Waals surface area contributed by atoms with Crippen molar-refractivity contribution >= 4 is 22.3 Å². The van der Waals surface area contributed by atoms with Crippen molar-refractivity contribution in [3.63, 3.8) is 0 Å². The molecule has 7 rings (SSSR count). The summed E-state index contributed by atoms with van der Waals surface area (Å²) in [6.07, 6.45) is 6.04. The van der Waals surface area contributed by atoms with Gasteiger partial charge in [0.1, 0.15) is 17.1 Å². The number of aromatic nitrogens is 1. The van der Waals surface area contributed by atoms with E-state index in [1.54, 1.807) is 7.11 Å². The number of anilines is 2. The van der Waals surface area contributed by atoms with Crippen molar-refractivity contribution in [1.29, 1.82) is 0 Å². The lowest BCUT2D eigenvalue weighted by Crippen LogP contribution is -2.56. The number of methoxy groups -OCH3 is 1. The van der Waals surface area contributed by atoms with E-state index in [9.17, 15) is 9.59 Å². The first-order chi connectivity index (χ1) is 19.0. The minimum absolute atomic E-state index is 0.123. The molecular formula is C32H34N4O3. The number of nitrogens with one attached hydrogen (secondary N) is 2. The molecule has 0 spiro atoms. The molecule has 0 radical (unpaired) electrons. The number of pyridine rings is 1. The number of nitrogens with zero attached hydrogens (tertiary/aromatic N) is 2. The van der Waals surface area contributed by atoms with Gasteiger partial charge in [-0.05, 0) is 73.5 Å². The lowest BCUT2D eigenvalue weighted by atomic mass is 9.73. The van der Waals surface area contributed by atoms with Crippen molar-refractivity contribution in [2.24, 2.45) is 11.8 Å². The lowest BCUT2D eigenvalue weighted by molar-refractivity contribution is 0.0105. The van der Waals surface area contributed by atoms with Crippen LogP contribution in [-0.2, 0) is 0 Å². The van der Waals surface area contributed by atoms with E-state index in [1.807, 2.05) is 67.7 Å². The number of hydrogen-bond donors (Lipinski definition) is 2. The van der Waals surface area contributed by atoms with Crippen LogP contribution >= 0.6 is 0 Å². The van der Waals surface area contributed by atoms with Gasteiger partial charge in [0.05, 0.1) is 18.7 Å². The predicted molar refractivity (Wildman–Crippen MR) is 156 cm³/mol. The number of rotatable bonds is 9. The molecule has 3 saturated heterocycles. The van der Waals surface area contributed by atoms with Gasteiger partial charge in [-0.1, -0.05) is 36.4 Å². The fourth-order valence-electron chi connectivity index (χ4n) is 6.51. The highest BCUT2D eigenvalue weighted by Crippen LogP contribution is 2.44. The predicted octanol–water partition coefficient (Wildman–Crippen LogP) is 5.06. The first-order valence-corrected chi connectivity index (χ1v) is 13.7. The van der Waals surface area contributed by atoms with Crippen LogP contribution in [0.15, 0.2) is 83.0 Å². The Bertz CT molecular complexity index is 1580. The molecule has 3 aliphatic heterocycles. The highest BCUT2D eigenvalue weighted by Gasteiger charge is 2.43. The van der Waals surface area contributed by atoms with Gasteiger partial charge in [0.2, 0.25) is 0 Å². The van der Waals surface area contributed by atoms with Crippen LogP contribution < -0.4 is 26.2 Å². The van der Waals surface area contributed by atoms with E-state index in [4.69, 9.17) is 4.74 Å². The normalized spacial score (nSPS) is 23.8. The van der Waals surface area contributed by atoms with Crippen molar-refractivity contribution in [2.75, 3.05) is 30.8 Å². The summed E-state index contributed by atoms with van der Waals surface area (Å²) in [7, 11) is 1.66. The molecular weight excluding hydrogens is 488 g/mol. The monoisotopic (exact) mass is 522 g/mol. The molecule has 2 bridgehead atoms. The molecule has 1 aromatic heterocycles. The van der Waals surface area contributed by atoms with Crippen molar-refractivity contribution in [3.8, 4) is 5.75 Å². The standard InChI is InChI=1S/C32H34N4O3/c1-4-20-18-36-15-13-22(20)16-27(36)28(24-12-14-33-26-11-10-23(39-3)17-25(24)26)35-30-29(31(37)32(30)38)34-19(2)21-8-6-5-7-9-21/h4-12,14,17,19-20,22,27-28,34-35H,1,13,15-16,18H2,2-3H3/t19-,20?,22?,27?,28?/m0/s1. The zero-order chi connectivity index (χ0) is 27.1. The molecule has 39 heavy (non-hydrogen) atoms. The Morgan fingerprint density at radius 3 is 2.54 bits per heavy atom. The van der Waals surface area contributed by atoms with Gasteiger partial charge in [-0.15, -0.1) is 6.58 Å². The topological polar surface area (TPSA) is 83.6 Å². The minimum atomic E-state index is -0.475. The minimum Gasteiger partial charge on any atom is -0.497 e. The Labute approximate surface area is 228 Å². The van der Waals surface area contributed by atoms with E-state index in [0.29, 0.717) is 23.2 Å². The molecule has 7 nitrogen and oxygen atoms in total. The second-order valence-corrected chi connectivity index (χ2v) is 10.8. The zero-order valence-corrected chi connectivity index (χ0v) is 22.4. The van der Waals surface area contributed by atoms with Gasteiger partial charge in [-0.3, -0.25) is 19.5 Å². The molecule has 0 saturated carbocycles. The second kappa shape index (κ2) is 10.3. The maximum absolute atomic E-state index is 13.0. The summed E-state index contributed by atoms with van der Waals surface area (Å²) < 4.78 is 5.54. The van der Waals surface area contributed by atoms with E-state index in [-0.39, 0.29) is 18.1 Å². The van der Waals surface area contributed by atoms with Crippen LogP contribution in [0.3, 0.4) is 0 Å². The van der Waals surface area contributed by atoms with E-state index in [0.717, 1.165) is 53.7 Å². The molecule has 3 fully saturated rings. The van der Waals surface area contributed by atoms with Crippen molar-refractivity contribution in [2.45, 2.75) is 37.9 Å². The quantitative estimate of drug-likeness (QED) is 0.235. The number of ether oxygens (including phenoxy) is 1. The highest BCUT2D eigenvalue weighted by molar-refractivity contribution is 5.85. The second-order valence-electron chi connectivity index (χ2n) is 10.8. The molecule has 6 atom stereocenters. The summed E-state index contributed by atoms with van der Waals surface area (Å²) in [6.45, 7) is 8.03. The Balaban J connectivity index is 1.40. The molecule has 4 aromatic rings. The summed E-state index contributed by atoms with van der Waals surface area (Å²) in [4.78, 5) is 32.9. The molecule has 0 amide bonds. The Hall–Kier alpha value is -3.97. The van der Waals surface area contributed by atoms with Crippen molar-refractivity contribution in [1.82, 2.24) is 9.88 Å². The molecule has 5 unspecified atom stereocenters. The molecule has 200 valence electrons. The van der Waals surface area contributed by atoms with Crippen LogP contribution in [0, 0.1) is 11.8 Å². The van der Waals surface area contributed by atoms with Crippen LogP contribution in [0.5, 0.6) is 5.75 Å². The van der Waals surface area contributed by atoms with Gasteiger partial charge < -0.3 is 15.4 Å². The average Bonchev–Trinajstić information content (AvgIpc) is 3.00. The summed E-state index contributed by atoms with van der Waals surface area (Å²) in [5.41, 5.74) is 2.73. The Kier molecular flexibility index (Phi) is 6.69. The molecule has 2 N–H and O–H groups in total. The van der Waals surface area contributed by atoms with E-state index >= 15 is 0 Å². The van der Waals surface area contributed by atoms with E-state index < -0.39 is 10.9 Å². The van der Waals surface area contributed by atoms with Gasteiger partial charge in [0.15, 0.2) is 0 Å². The molecule has 0 aliphatic carbocycles. The fourth-order valence-corrected chi connectivity index (χ4v) is 6.51. The number of fused-ring (bicyclic) bond motifs is 4. The van der Waals surface area contributed by atoms with Crippen molar-refractivity contribution < 1.29 is 4.74 Å². The smallest absolute Gasteiger partial charge is 0.253 e. The molecule has 7 heteroatoms. The molecule has 3 aliphatic rings. The molecule has 4 heterocycles. The van der Waals surface area contributed by atoms with Crippen LogP contribution in [0.1, 0.15) is 43.0 Å². The largest absolute Gasteiger partial charge is 0.497 e. The Morgan fingerprint density at radius 1 is 1.08 bits per heavy atom. The van der Waals surface area contributed by atoms with Crippen LogP contribution in [0.4, 0.5) is 11.4 Å². The van der Waals surface area contributed by atoms with E-state index in [2.05, 4.69) is 33.2 Å². The third-order valence-corrected chi connectivity index (χ3v) is 8.73. The summed E-state index contributed by atoms with van der Waals surface area (Å²) in [5, 5.41) is 7.88. The summed E-state index contributed by atoms with van der Waals surface area (Å²) in [5.74, 6) is 1.77. The Morgan fingerprint density at radius 2 is 1.85 bits per heavy atom. The molecule has 3 aromatic carbocycles. The van der Waals surface area contributed by atoms with Gasteiger partial charge in [0.25, 0.3) is 10.9 Å². The maximum atomic E-state index is 13.0. The van der Waals surface area contributed by atoms with Gasteiger partial charge >= 0.3 is 0 Å². The van der Waals surface area contributed by atoms with Crippen LogP contribution in [-0.4, -0.2) is 36.1 Å². The van der Waals surface area contributed by atoms with Crippen LogP contribution in [0.2, 0.25) is 0 Å². The lowest BCUT2D eigenvalue weighted by Gasteiger charge is -2.52. The van der Waals surface area contributed by atoms with Crippen LogP contribution in [0.25, 0.3) is 10.9 Å². The third kappa shape index (κ3) is 4.51. The number of piperidine rings is 3. The average molecular weight is 523 g/mol. The third-order valence-electron chi connectivity index (χ3n) is 8.73. The highest BCUT2D eigenvalue weighted by atomic mass is 16.5. The first kappa shape index (κ1) is 25.3. The first-order valence-electron chi connectivity index (χ1n) is 13.7. The zero-order valence-electron chi connectivity index (χ0n) is 22.4. The summed E-state index contributed by atoms with van der Waals surface area (Å²) >= 11 is 0. The number of benzene rings is 2. The maximum Gasteiger partial charge on any atom is 0.253 e. The number of hydrogen-bond acceptors (Lipinski definition) is 7. The van der Waals surface area contributed by atoms with E-state index in [1.165, 1.54) is 0 Å².